The van der Waals surface area contributed by atoms with Crippen LogP contribution in [0.4, 0.5) is 10.5 Å². The first kappa shape index (κ1) is 12.8. The molecule has 3 heterocycles. The Balaban J connectivity index is 1.87. The van der Waals surface area contributed by atoms with Crippen molar-refractivity contribution in [2.75, 3.05) is 4.90 Å². The average Bonchev–Trinajstić information content (AvgIpc) is 3.08. The number of nitrogens with zero attached hydrogens (tertiary/aromatic N) is 3. The lowest BCUT2D eigenvalue weighted by Crippen LogP contribution is -2.32. The molecule has 1 aliphatic rings. The van der Waals surface area contributed by atoms with Crippen LogP contribution < -0.4 is 10.2 Å². The summed E-state index contributed by atoms with van der Waals surface area (Å²) in [7, 11) is 0. The molecule has 1 fully saturated rings. The first-order valence-corrected chi connectivity index (χ1v) is 6.90. The number of urea groups is 1. The van der Waals surface area contributed by atoms with Crippen molar-refractivity contribution < 1.29 is 14.1 Å². The summed E-state index contributed by atoms with van der Waals surface area (Å²) in [5, 5.41) is 6.46. The van der Waals surface area contributed by atoms with Crippen molar-refractivity contribution in [3.05, 3.63) is 28.0 Å². The third-order valence-electron chi connectivity index (χ3n) is 3.13. The highest BCUT2D eigenvalue weighted by Crippen LogP contribution is 2.28. The lowest BCUT2D eigenvalue weighted by atomic mass is 10.2. The summed E-state index contributed by atoms with van der Waals surface area (Å²) in [6.07, 6.45) is 2.14. The molecule has 2 aromatic rings. The maximum atomic E-state index is 12.4. The summed E-state index contributed by atoms with van der Waals surface area (Å²) >= 11 is 1.45. The van der Waals surface area contributed by atoms with Crippen LogP contribution in [0.25, 0.3) is 0 Å². The van der Waals surface area contributed by atoms with Crippen LogP contribution in [0.2, 0.25) is 0 Å². The van der Waals surface area contributed by atoms with E-state index < -0.39 is 12.1 Å². The second-order valence-corrected chi connectivity index (χ2v) is 5.49. The van der Waals surface area contributed by atoms with Crippen molar-refractivity contribution in [3.8, 4) is 0 Å². The standard InChI is InChI=1S/C12H12N4O3S/c1-6-10(7(2)19-15-6)16-11(17)9(14-12(16)18)3-8-4-13-5-20-8/h4-5,9H,3H2,1-2H3,(H,14,18). The Morgan fingerprint density at radius 3 is 2.85 bits per heavy atom. The Bertz CT molecular complexity index is 645. The minimum Gasteiger partial charge on any atom is -0.359 e. The summed E-state index contributed by atoms with van der Waals surface area (Å²) < 4.78 is 5.01. The van der Waals surface area contributed by atoms with Gasteiger partial charge >= 0.3 is 6.03 Å². The fourth-order valence-corrected chi connectivity index (χ4v) is 2.86. The van der Waals surface area contributed by atoms with E-state index in [0.717, 1.165) is 9.78 Å². The number of anilines is 1. The molecule has 0 spiro atoms. The highest BCUT2D eigenvalue weighted by molar-refractivity contribution is 7.09. The third kappa shape index (κ3) is 1.97. The molecule has 1 atom stereocenters. The van der Waals surface area contributed by atoms with Crippen LogP contribution in [0.15, 0.2) is 16.2 Å². The van der Waals surface area contributed by atoms with Crippen molar-refractivity contribution >= 4 is 29.0 Å². The van der Waals surface area contributed by atoms with Crippen molar-refractivity contribution in [2.24, 2.45) is 0 Å². The van der Waals surface area contributed by atoms with Gasteiger partial charge in [0.15, 0.2) is 5.76 Å². The number of aryl methyl sites for hydroxylation is 2. The molecule has 0 aromatic carbocycles. The largest absolute Gasteiger partial charge is 0.359 e. The molecule has 7 nitrogen and oxygen atoms in total. The molecule has 3 amide bonds. The van der Waals surface area contributed by atoms with E-state index >= 15 is 0 Å². The van der Waals surface area contributed by atoms with Gasteiger partial charge in [0.25, 0.3) is 5.91 Å². The Kier molecular flexibility index (Phi) is 3.01. The molecule has 0 bridgehead atoms. The Morgan fingerprint density at radius 1 is 1.45 bits per heavy atom. The summed E-state index contributed by atoms with van der Waals surface area (Å²) in [5.74, 6) is 0.155. The first-order valence-electron chi connectivity index (χ1n) is 6.02. The van der Waals surface area contributed by atoms with Crippen molar-refractivity contribution in [2.45, 2.75) is 26.3 Å². The summed E-state index contributed by atoms with van der Waals surface area (Å²) in [5.41, 5.74) is 2.64. The number of carbonyl (C=O) groups excluding carboxylic acids is 2. The van der Waals surface area contributed by atoms with Gasteiger partial charge in [0, 0.05) is 17.5 Å². The number of aromatic nitrogens is 2. The lowest BCUT2D eigenvalue weighted by Gasteiger charge is -2.11. The number of carbonyl (C=O) groups is 2. The third-order valence-corrected chi connectivity index (χ3v) is 3.93. The highest BCUT2D eigenvalue weighted by atomic mass is 32.1. The molecule has 0 aliphatic carbocycles. The number of hydrogen-bond acceptors (Lipinski definition) is 6. The minimum absolute atomic E-state index is 0.294. The molecule has 1 N–H and O–H groups in total. The van der Waals surface area contributed by atoms with Crippen LogP contribution in [-0.2, 0) is 11.2 Å². The number of amides is 3. The van der Waals surface area contributed by atoms with Gasteiger partial charge in [-0.1, -0.05) is 5.16 Å². The van der Waals surface area contributed by atoms with Gasteiger partial charge in [0.05, 0.1) is 5.51 Å². The van der Waals surface area contributed by atoms with Crippen LogP contribution in [0.5, 0.6) is 0 Å². The van der Waals surface area contributed by atoms with E-state index in [0.29, 0.717) is 23.6 Å². The van der Waals surface area contributed by atoms with Gasteiger partial charge in [0.2, 0.25) is 0 Å². The van der Waals surface area contributed by atoms with E-state index in [1.165, 1.54) is 11.3 Å². The molecule has 0 radical (unpaired) electrons. The molecular weight excluding hydrogens is 280 g/mol. The molecule has 0 saturated carbocycles. The number of nitrogens with one attached hydrogen (secondary N) is 1. The molecule has 1 saturated heterocycles. The normalized spacial score (nSPS) is 18.7. The van der Waals surface area contributed by atoms with E-state index in [1.807, 2.05) is 0 Å². The van der Waals surface area contributed by atoms with Crippen LogP contribution in [0.3, 0.4) is 0 Å². The van der Waals surface area contributed by atoms with E-state index in [1.54, 1.807) is 25.6 Å². The van der Waals surface area contributed by atoms with Gasteiger partial charge < -0.3 is 9.84 Å². The van der Waals surface area contributed by atoms with Gasteiger partial charge in [-0.25, -0.2) is 9.69 Å². The van der Waals surface area contributed by atoms with Crippen LogP contribution in [0.1, 0.15) is 16.3 Å². The monoisotopic (exact) mass is 292 g/mol. The van der Waals surface area contributed by atoms with Gasteiger partial charge in [-0.15, -0.1) is 11.3 Å². The molecule has 2 aromatic heterocycles. The maximum Gasteiger partial charge on any atom is 0.329 e. The average molecular weight is 292 g/mol. The fourth-order valence-electron chi connectivity index (χ4n) is 2.22. The quantitative estimate of drug-likeness (QED) is 0.864. The molecule has 1 aliphatic heterocycles. The predicted octanol–water partition coefficient (Wildman–Crippen LogP) is 1.42. The van der Waals surface area contributed by atoms with Crippen LogP contribution in [0, 0.1) is 13.8 Å². The zero-order valence-electron chi connectivity index (χ0n) is 10.9. The van der Waals surface area contributed by atoms with Gasteiger partial charge in [-0.3, -0.25) is 9.78 Å². The predicted molar refractivity (Wildman–Crippen MR) is 71.6 cm³/mol. The lowest BCUT2D eigenvalue weighted by molar-refractivity contribution is -0.118. The van der Waals surface area contributed by atoms with Gasteiger partial charge in [-0.2, -0.15) is 0 Å². The number of thiazole rings is 1. The van der Waals surface area contributed by atoms with Crippen molar-refractivity contribution in [1.29, 1.82) is 0 Å². The smallest absolute Gasteiger partial charge is 0.329 e. The summed E-state index contributed by atoms with van der Waals surface area (Å²) in [6, 6.07) is -1.02. The van der Waals surface area contributed by atoms with Crippen LogP contribution >= 0.6 is 11.3 Å². The molecule has 8 heteroatoms. The second-order valence-electron chi connectivity index (χ2n) is 4.52. The van der Waals surface area contributed by atoms with Crippen molar-refractivity contribution in [1.82, 2.24) is 15.5 Å². The van der Waals surface area contributed by atoms with Crippen LogP contribution in [-0.4, -0.2) is 28.1 Å². The number of imide groups is 1. The molecule has 1 unspecified atom stereocenters. The molecule has 104 valence electrons. The minimum atomic E-state index is -0.573. The summed E-state index contributed by atoms with van der Waals surface area (Å²) in [4.78, 5) is 30.5. The second kappa shape index (κ2) is 4.71. The summed E-state index contributed by atoms with van der Waals surface area (Å²) in [6.45, 7) is 3.37. The highest BCUT2D eigenvalue weighted by Gasteiger charge is 2.41. The number of rotatable bonds is 3. The topological polar surface area (TPSA) is 88.3 Å². The van der Waals surface area contributed by atoms with E-state index in [2.05, 4.69) is 15.5 Å². The molecular formula is C12H12N4O3S. The van der Waals surface area contributed by atoms with E-state index in [4.69, 9.17) is 4.52 Å². The Labute approximate surface area is 118 Å². The first-order chi connectivity index (χ1) is 9.58. The zero-order chi connectivity index (χ0) is 14.3. The van der Waals surface area contributed by atoms with E-state index in [-0.39, 0.29) is 5.91 Å². The van der Waals surface area contributed by atoms with Crippen molar-refractivity contribution in [3.63, 3.8) is 0 Å². The zero-order valence-corrected chi connectivity index (χ0v) is 11.7. The van der Waals surface area contributed by atoms with Gasteiger partial charge in [-0.05, 0) is 13.8 Å². The Hall–Kier alpha value is -2.22. The maximum absolute atomic E-state index is 12.4. The fraction of sp³-hybridized carbons (Fsp3) is 0.333. The SMILES string of the molecule is Cc1noc(C)c1N1C(=O)NC(Cc2cncs2)C1=O. The van der Waals surface area contributed by atoms with E-state index in [9.17, 15) is 9.59 Å². The van der Waals surface area contributed by atoms with Gasteiger partial charge in [0.1, 0.15) is 17.4 Å². The molecule has 20 heavy (non-hydrogen) atoms. The molecule has 3 rings (SSSR count). The number of hydrogen-bond donors (Lipinski definition) is 1. The Morgan fingerprint density at radius 2 is 2.25 bits per heavy atom.